The molecule has 0 aliphatic carbocycles. The molecule has 1 N–H and O–H groups in total. The van der Waals surface area contributed by atoms with Gasteiger partial charge in [-0.15, -0.1) is 11.3 Å². The summed E-state index contributed by atoms with van der Waals surface area (Å²) in [6.07, 6.45) is 0.751. The molecule has 7 heteroatoms. The number of anilines is 1. The average molecular weight is 422 g/mol. The largest absolute Gasteiger partial charge is 0.325 e. The third-order valence-corrected chi connectivity index (χ3v) is 6.29. The molecule has 0 fully saturated rings. The predicted octanol–water partition coefficient (Wildman–Crippen LogP) is 4.43. The van der Waals surface area contributed by atoms with Crippen molar-refractivity contribution in [2.45, 2.75) is 18.1 Å². The van der Waals surface area contributed by atoms with Gasteiger partial charge in [-0.2, -0.15) is 0 Å². The Morgan fingerprint density at radius 1 is 1.03 bits per heavy atom. The van der Waals surface area contributed by atoms with Gasteiger partial charge in [-0.05, 0) is 42.1 Å². The first kappa shape index (κ1) is 19.4. The van der Waals surface area contributed by atoms with Crippen molar-refractivity contribution in [1.82, 2.24) is 9.55 Å². The fourth-order valence-corrected chi connectivity index (χ4v) is 4.50. The predicted molar refractivity (Wildman–Crippen MR) is 120 cm³/mol. The molecule has 0 aliphatic heterocycles. The number of aryl methyl sites for hydroxylation is 1. The van der Waals surface area contributed by atoms with E-state index in [1.807, 2.05) is 60.0 Å². The number of nitrogens with zero attached hydrogens (tertiary/aromatic N) is 2. The van der Waals surface area contributed by atoms with E-state index in [1.54, 1.807) is 22.0 Å². The molecule has 29 heavy (non-hydrogen) atoms. The quantitative estimate of drug-likeness (QED) is 0.354. The summed E-state index contributed by atoms with van der Waals surface area (Å²) in [4.78, 5) is 31.3. The lowest BCUT2D eigenvalue weighted by molar-refractivity contribution is -0.113. The Bertz CT molecular complexity index is 1170. The number of thioether (sulfide) groups is 1. The summed E-state index contributed by atoms with van der Waals surface area (Å²) in [5, 5.41) is 6.05. The normalized spacial score (nSPS) is 10.9. The highest BCUT2D eigenvalue weighted by molar-refractivity contribution is 7.99. The molecule has 0 atom stereocenters. The van der Waals surface area contributed by atoms with Gasteiger partial charge in [0.05, 0.1) is 16.7 Å². The second-order valence-corrected chi connectivity index (χ2v) is 8.38. The minimum absolute atomic E-state index is 0.0712. The monoisotopic (exact) mass is 421 g/mol. The fraction of sp³-hybridized carbons (Fsp3) is 0.136. The number of nitrogens with one attached hydrogen (secondary N) is 1. The number of amides is 1. The number of carbonyl (C=O) groups is 1. The molecule has 4 aromatic rings. The molecular weight excluding hydrogens is 402 g/mol. The van der Waals surface area contributed by atoms with Gasteiger partial charge in [-0.1, -0.05) is 48.2 Å². The Balaban J connectivity index is 1.56. The van der Waals surface area contributed by atoms with Crippen LogP contribution in [-0.2, 0) is 17.8 Å². The standard InChI is InChI=1S/C22H19N3O2S2/c26-20(23-16-7-2-1-3-8-16)15-29-22-24-19-11-5-4-10-18(19)21(27)25(22)13-12-17-9-6-14-28-17/h1-11,14H,12-13,15H2,(H,23,26). The maximum atomic E-state index is 13.1. The topological polar surface area (TPSA) is 64.0 Å². The van der Waals surface area contributed by atoms with Crippen molar-refractivity contribution in [2.24, 2.45) is 0 Å². The lowest BCUT2D eigenvalue weighted by atomic mass is 10.2. The third kappa shape index (κ3) is 4.75. The molecular formula is C22H19N3O2S2. The van der Waals surface area contributed by atoms with Gasteiger partial charge in [0.15, 0.2) is 5.16 Å². The molecule has 0 spiro atoms. The summed E-state index contributed by atoms with van der Waals surface area (Å²) in [5.74, 6) is 0.0481. The Labute approximate surface area is 176 Å². The second kappa shape index (κ2) is 9.07. The van der Waals surface area contributed by atoms with Crippen molar-refractivity contribution in [2.75, 3.05) is 11.1 Å². The van der Waals surface area contributed by atoms with Crippen LogP contribution in [0.25, 0.3) is 10.9 Å². The highest BCUT2D eigenvalue weighted by atomic mass is 32.2. The highest BCUT2D eigenvalue weighted by Gasteiger charge is 2.13. The molecule has 5 nitrogen and oxygen atoms in total. The zero-order valence-corrected chi connectivity index (χ0v) is 17.2. The summed E-state index contributed by atoms with van der Waals surface area (Å²) in [6.45, 7) is 0.528. The summed E-state index contributed by atoms with van der Waals surface area (Å²) >= 11 is 2.95. The summed E-state index contributed by atoms with van der Waals surface area (Å²) in [5.41, 5.74) is 1.33. The SMILES string of the molecule is O=C(CSc1nc2ccccc2c(=O)n1CCc1cccs1)Nc1ccccc1. The van der Waals surface area contributed by atoms with Gasteiger partial charge < -0.3 is 5.32 Å². The lowest BCUT2D eigenvalue weighted by Crippen LogP contribution is -2.25. The zero-order valence-electron chi connectivity index (χ0n) is 15.6. The Morgan fingerprint density at radius 3 is 2.62 bits per heavy atom. The van der Waals surface area contributed by atoms with Crippen molar-refractivity contribution >= 4 is 45.6 Å². The van der Waals surface area contributed by atoms with Crippen molar-refractivity contribution in [3.63, 3.8) is 0 Å². The molecule has 1 amide bonds. The minimum Gasteiger partial charge on any atom is -0.325 e. The Morgan fingerprint density at radius 2 is 1.83 bits per heavy atom. The molecule has 0 radical (unpaired) electrons. The number of carbonyl (C=O) groups excluding carboxylic acids is 1. The van der Waals surface area contributed by atoms with Gasteiger partial charge in [0.2, 0.25) is 5.91 Å². The van der Waals surface area contributed by atoms with E-state index in [2.05, 4.69) is 16.4 Å². The van der Waals surface area contributed by atoms with E-state index in [9.17, 15) is 9.59 Å². The van der Waals surface area contributed by atoms with Crippen molar-refractivity contribution in [3.05, 3.63) is 87.3 Å². The van der Waals surface area contributed by atoms with Gasteiger partial charge in [0, 0.05) is 17.1 Å². The molecule has 2 heterocycles. The first-order valence-electron chi connectivity index (χ1n) is 9.20. The number of hydrogen-bond donors (Lipinski definition) is 1. The van der Waals surface area contributed by atoms with Crippen molar-refractivity contribution in [3.8, 4) is 0 Å². The number of hydrogen-bond acceptors (Lipinski definition) is 5. The van der Waals surface area contributed by atoms with Gasteiger partial charge in [0.1, 0.15) is 0 Å². The van der Waals surface area contributed by atoms with Crippen LogP contribution in [0, 0.1) is 0 Å². The first-order chi connectivity index (χ1) is 14.2. The molecule has 0 aliphatic rings. The molecule has 0 saturated carbocycles. The average Bonchev–Trinajstić information content (AvgIpc) is 3.26. The van der Waals surface area contributed by atoms with Crippen LogP contribution in [0.5, 0.6) is 0 Å². The van der Waals surface area contributed by atoms with Gasteiger partial charge in [-0.3, -0.25) is 14.2 Å². The van der Waals surface area contributed by atoms with Crippen LogP contribution >= 0.6 is 23.1 Å². The number of fused-ring (bicyclic) bond motifs is 1. The van der Waals surface area contributed by atoms with E-state index < -0.39 is 0 Å². The molecule has 2 aromatic carbocycles. The van der Waals surface area contributed by atoms with Crippen LogP contribution in [0.3, 0.4) is 0 Å². The summed E-state index contributed by atoms with van der Waals surface area (Å²) < 4.78 is 1.68. The van der Waals surface area contributed by atoms with E-state index in [1.165, 1.54) is 16.6 Å². The maximum Gasteiger partial charge on any atom is 0.262 e. The van der Waals surface area contributed by atoms with Crippen LogP contribution in [-0.4, -0.2) is 21.2 Å². The lowest BCUT2D eigenvalue weighted by Gasteiger charge is -2.13. The summed E-state index contributed by atoms with van der Waals surface area (Å²) in [7, 11) is 0. The van der Waals surface area contributed by atoms with Gasteiger partial charge in [-0.25, -0.2) is 4.98 Å². The van der Waals surface area contributed by atoms with Gasteiger partial charge in [0.25, 0.3) is 5.56 Å². The Kier molecular flexibility index (Phi) is 6.07. The first-order valence-corrected chi connectivity index (χ1v) is 11.1. The molecule has 0 unspecified atom stereocenters. The molecule has 2 aromatic heterocycles. The molecule has 146 valence electrons. The molecule has 0 saturated heterocycles. The fourth-order valence-electron chi connectivity index (χ4n) is 2.98. The van der Waals surface area contributed by atoms with E-state index in [4.69, 9.17) is 0 Å². The van der Waals surface area contributed by atoms with E-state index in [0.29, 0.717) is 22.6 Å². The van der Waals surface area contributed by atoms with Crippen LogP contribution in [0.15, 0.2) is 82.1 Å². The number of para-hydroxylation sites is 2. The van der Waals surface area contributed by atoms with Crippen molar-refractivity contribution < 1.29 is 4.79 Å². The van der Waals surface area contributed by atoms with Crippen LogP contribution in [0.4, 0.5) is 5.69 Å². The zero-order chi connectivity index (χ0) is 20.1. The molecule has 4 rings (SSSR count). The van der Waals surface area contributed by atoms with E-state index in [0.717, 1.165) is 12.1 Å². The Hall–Kier alpha value is -2.90. The summed E-state index contributed by atoms with van der Waals surface area (Å²) in [6, 6.07) is 20.7. The number of aromatic nitrogens is 2. The molecule has 0 bridgehead atoms. The minimum atomic E-state index is -0.131. The van der Waals surface area contributed by atoms with Crippen LogP contribution < -0.4 is 10.9 Å². The second-order valence-electron chi connectivity index (χ2n) is 6.40. The third-order valence-electron chi connectivity index (χ3n) is 4.38. The van der Waals surface area contributed by atoms with Gasteiger partial charge >= 0.3 is 0 Å². The smallest absolute Gasteiger partial charge is 0.262 e. The maximum absolute atomic E-state index is 13.1. The van der Waals surface area contributed by atoms with Crippen LogP contribution in [0.1, 0.15) is 4.88 Å². The van der Waals surface area contributed by atoms with E-state index >= 15 is 0 Å². The number of benzene rings is 2. The number of rotatable bonds is 7. The number of thiophene rings is 1. The van der Waals surface area contributed by atoms with Crippen molar-refractivity contribution in [1.29, 1.82) is 0 Å². The highest BCUT2D eigenvalue weighted by Crippen LogP contribution is 2.19. The van der Waals surface area contributed by atoms with E-state index in [-0.39, 0.29) is 17.2 Å². The van der Waals surface area contributed by atoms with Crippen LogP contribution in [0.2, 0.25) is 0 Å².